The molecular weight excluding hydrogens is 533 g/mol. The van der Waals surface area contributed by atoms with E-state index in [4.69, 9.17) is 18.9 Å². The molecule has 2 saturated heterocycles. The summed E-state index contributed by atoms with van der Waals surface area (Å²) < 4.78 is 37.4. The molecule has 216 valence electrons. The number of aromatic nitrogens is 3. The van der Waals surface area contributed by atoms with Crippen LogP contribution in [0, 0.1) is 5.82 Å². The van der Waals surface area contributed by atoms with Crippen molar-refractivity contribution >= 4 is 34.5 Å². The molecule has 0 atom stereocenters. The highest BCUT2D eigenvalue weighted by Crippen LogP contribution is 2.49. The Bertz CT molecular complexity index is 1480. The highest BCUT2D eigenvalue weighted by atomic mass is 19.1. The van der Waals surface area contributed by atoms with E-state index >= 15 is 4.39 Å². The zero-order chi connectivity index (χ0) is 28.6. The number of amides is 1. The molecule has 6 heterocycles. The number of pyridine rings is 3. The number of fused-ring (bicyclic) bond motifs is 5. The van der Waals surface area contributed by atoms with Crippen molar-refractivity contribution in [1.29, 1.82) is 0 Å². The van der Waals surface area contributed by atoms with Crippen LogP contribution >= 0.6 is 0 Å². The second-order valence-electron chi connectivity index (χ2n) is 10.8. The molecule has 0 radical (unpaired) electrons. The molecule has 0 unspecified atom stereocenters. The number of nitrogens with zero attached hydrogens (tertiary/aromatic N) is 4. The molecule has 0 aromatic carbocycles. The summed E-state index contributed by atoms with van der Waals surface area (Å²) in [4.78, 5) is 38.9. The third kappa shape index (κ3) is 5.23. The second kappa shape index (κ2) is 10.7. The van der Waals surface area contributed by atoms with Gasteiger partial charge in [0.15, 0.2) is 24.8 Å². The Labute approximate surface area is 236 Å². The SMILES string of the molecule is CCOC(=O)COc1ccc2ncc(F)c(CCC34CCC(N(C)c5ccc6c(n5)NC(=O)CO6)(CC3)CO4)c2n1. The lowest BCUT2D eigenvalue weighted by atomic mass is 9.68. The number of rotatable bonds is 9. The number of carbonyl (C=O) groups is 2. The zero-order valence-electron chi connectivity index (χ0n) is 23.1. The number of ether oxygens (including phenoxy) is 4. The molecule has 2 bridgehead atoms. The maximum Gasteiger partial charge on any atom is 0.344 e. The summed E-state index contributed by atoms with van der Waals surface area (Å²) >= 11 is 0. The highest BCUT2D eigenvalue weighted by molar-refractivity contribution is 5.94. The van der Waals surface area contributed by atoms with Gasteiger partial charge >= 0.3 is 5.97 Å². The fourth-order valence-electron chi connectivity index (χ4n) is 5.97. The number of carbonyl (C=O) groups excluding carboxylic acids is 2. The van der Waals surface area contributed by atoms with Crippen molar-refractivity contribution in [3.63, 3.8) is 0 Å². The Balaban J connectivity index is 1.14. The van der Waals surface area contributed by atoms with Crippen LogP contribution in [0.5, 0.6) is 11.6 Å². The minimum absolute atomic E-state index is 0.0105. The van der Waals surface area contributed by atoms with Crippen molar-refractivity contribution in [2.24, 2.45) is 0 Å². The Morgan fingerprint density at radius 2 is 2.00 bits per heavy atom. The van der Waals surface area contributed by atoms with Crippen LogP contribution < -0.4 is 19.7 Å². The van der Waals surface area contributed by atoms with Gasteiger partial charge in [0.2, 0.25) is 5.88 Å². The first-order valence-corrected chi connectivity index (χ1v) is 13.8. The first-order valence-electron chi connectivity index (χ1n) is 13.8. The van der Waals surface area contributed by atoms with E-state index in [1.165, 1.54) is 6.20 Å². The molecule has 3 aromatic rings. The molecule has 11 nitrogen and oxygen atoms in total. The number of hydrogen-bond acceptors (Lipinski definition) is 10. The predicted octanol–water partition coefficient (Wildman–Crippen LogP) is 3.59. The van der Waals surface area contributed by atoms with Gasteiger partial charge in [-0.15, -0.1) is 0 Å². The smallest absolute Gasteiger partial charge is 0.344 e. The summed E-state index contributed by atoms with van der Waals surface area (Å²) in [6.45, 7) is 2.21. The predicted molar refractivity (Wildman–Crippen MR) is 147 cm³/mol. The molecule has 12 heteroatoms. The first kappa shape index (κ1) is 27.1. The molecular formula is C29H32FN5O6. The number of aryl methyl sites for hydroxylation is 1. The van der Waals surface area contributed by atoms with E-state index in [2.05, 4.69) is 25.2 Å². The van der Waals surface area contributed by atoms with Gasteiger partial charge < -0.3 is 29.2 Å². The lowest BCUT2D eigenvalue weighted by molar-refractivity contribution is -0.156. The summed E-state index contributed by atoms with van der Waals surface area (Å²) in [7, 11) is 2.01. The molecule has 0 spiro atoms. The zero-order valence-corrected chi connectivity index (χ0v) is 23.1. The number of hydrogen-bond donors (Lipinski definition) is 1. The summed E-state index contributed by atoms with van der Waals surface area (Å²) in [5.41, 5.74) is 0.849. The number of likely N-dealkylation sites (N-methyl/N-ethyl adjacent to an activating group) is 1. The summed E-state index contributed by atoms with van der Waals surface area (Å²) in [6, 6.07) is 7.04. The van der Waals surface area contributed by atoms with Gasteiger partial charge in [0, 0.05) is 18.7 Å². The molecule has 1 N–H and O–H groups in total. The molecule has 3 aliphatic heterocycles. The minimum Gasteiger partial charge on any atom is -0.480 e. The summed E-state index contributed by atoms with van der Waals surface area (Å²) in [5.74, 6) is 0.786. The van der Waals surface area contributed by atoms with E-state index < -0.39 is 11.8 Å². The van der Waals surface area contributed by atoms with Gasteiger partial charge in [0.1, 0.15) is 11.6 Å². The Kier molecular flexibility index (Phi) is 7.10. The van der Waals surface area contributed by atoms with Gasteiger partial charge in [0.05, 0.1) is 41.6 Å². The standard InChI is InChI=1S/C29H32FN5O6/c1-3-38-25(37)16-40-24-7-4-20-26(34-24)18(19(30)14-31-20)8-9-29-12-10-28(11-13-29,17-41-29)35(2)22-6-5-21-27(32-22)33-23(36)15-39-21/h4-7,14H,3,8-13,15-17H2,1-2H3,(H,32,33,36). The van der Waals surface area contributed by atoms with Crippen molar-refractivity contribution in [2.45, 2.75) is 56.6 Å². The minimum atomic E-state index is -0.497. The van der Waals surface area contributed by atoms with E-state index in [9.17, 15) is 9.59 Å². The Morgan fingerprint density at radius 1 is 1.17 bits per heavy atom. The molecule has 41 heavy (non-hydrogen) atoms. The van der Waals surface area contributed by atoms with Crippen LogP contribution in [0.2, 0.25) is 0 Å². The van der Waals surface area contributed by atoms with Crippen LogP contribution in [0.1, 0.15) is 44.6 Å². The second-order valence-corrected chi connectivity index (χ2v) is 10.8. The molecule has 1 aliphatic carbocycles. The number of anilines is 2. The topological polar surface area (TPSA) is 125 Å². The van der Waals surface area contributed by atoms with E-state index in [-0.39, 0.29) is 42.7 Å². The fourth-order valence-corrected chi connectivity index (χ4v) is 5.97. The average molecular weight is 566 g/mol. The van der Waals surface area contributed by atoms with Crippen molar-refractivity contribution in [2.75, 3.05) is 43.7 Å². The average Bonchev–Trinajstić information content (AvgIpc) is 2.99. The Morgan fingerprint density at radius 3 is 2.76 bits per heavy atom. The maximum absolute atomic E-state index is 15.1. The largest absolute Gasteiger partial charge is 0.480 e. The van der Waals surface area contributed by atoms with Gasteiger partial charge in [-0.1, -0.05) is 0 Å². The number of halogens is 1. The molecule has 4 aliphatic rings. The van der Waals surface area contributed by atoms with Gasteiger partial charge in [0.25, 0.3) is 5.91 Å². The van der Waals surface area contributed by atoms with E-state index in [0.29, 0.717) is 47.6 Å². The normalized spacial score (nSPS) is 23.0. The van der Waals surface area contributed by atoms with Gasteiger partial charge in [-0.25, -0.2) is 19.2 Å². The number of esters is 1. The number of nitrogens with one attached hydrogen (secondary N) is 1. The van der Waals surface area contributed by atoms with Crippen LogP contribution in [-0.4, -0.2) is 71.4 Å². The fraction of sp³-hybridized carbons (Fsp3) is 0.483. The highest BCUT2D eigenvalue weighted by Gasteiger charge is 2.52. The van der Waals surface area contributed by atoms with Gasteiger partial charge in [-0.05, 0) is 63.6 Å². The van der Waals surface area contributed by atoms with Crippen LogP contribution in [0.4, 0.5) is 16.0 Å². The van der Waals surface area contributed by atoms with E-state index in [1.54, 1.807) is 19.1 Å². The van der Waals surface area contributed by atoms with E-state index in [0.717, 1.165) is 31.5 Å². The summed E-state index contributed by atoms with van der Waals surface area (Å²) in [6.07, 6.45) is 5.73. The summed E-state index contributed by atoms with van der Waals surface area (Å²) in [5, 5.41) is 2.77. The van der Waals surface area contributed by atoms with Gasteiger partial charge in [-0.2, -0.15) is 0 Å². The van der Waals surface area contributed by atoms with Crippen molar-refractivity contribution < 1.29 is 32.9 Å². The molecule has 1 saturated carbocycles. The van der Waals surface area contributed by atoms with Crippen molar-refractivity contribution in [3.8, 4) is 11.6 Å². The third-order valence-electron chi connectivity index (χ3n) is 8.47. The molecule has 1 amide bonds. The first-order chi connectivity index (χ1) is 19.8. The lowest BCUT2D eigenvalue weighted by Gasteiger charge is -2.56. The molecule has 3 aromatic heterocycles. The Hall–Kier alpha value is -4.06. The molecule has 7 rings (SSSR count). The third-order valence-corrected chi connectivity index (χ3v) is 8.47. The van der Waals surface area contributed by atoms with E-state index in [1.807, 2.05) is 19.2 Å². The van der Waals surface area contributed by atoms with Gasteiger partial charge in [-0.3, -0.25) is 9.78 Å². The van der Waals surface area contributed by atoms with Crippen LogP contribution in [-0.2, 0) is 25.5 Å². The maximum atomic E-state index is 15.1. The van der Waals surface area contributed by atoms with Crippen LogP contribution in [0.3, 0.4) is 0 Å². The molecule has 3 fully saturated rings. The van der Waals surface area contributed by atoms with Crippen LogP contribution in [0.25, 0.3) is 11.0 Å². The van der Waals surface area contributed by atoms with Crippen molar-refractivity contribution in [3.05, 3.63) is 41.8 Å². The monoisotopic (exact) mass is 565 g/mol. The van der Waals surface area contributed by atoms with Crippen molar-refractivity contribution in [1.82, 2.24) is 15.0 Å². The van der Waals surface area contributed by atoms with Crippen LogP contribution in [0.15, 0.2) is 30.5 Å². The quantitative estimate of drug-likeness (QED) is 0.385. The lowest BCUT2D eigenvalue weighted by Crippen LogP contribution is -2.62.